The van der Waals surface area contributed by atoms with Crippen molar-refractivity contribution in [3.05, 3.63) is 88.8 Å². The Kier molecular flexibility index (Phi) is 4.64. The number of carboxylic acid groups (broad SMARTS) is 1. The molecular formula is C22H20N4O3. The highest BCUT2D eigenvalue weighted by molar-refractivity contribution is 6.08. The van der Waals surface area contributed by atoms with Crippen molar-refractivity contribution in [1.82, 2.24) is 9.78 Å². The van der Waals surface area contributed by atoms with Gasteiger partial charge in [-0.15, -0.1) is 0 Å². The number of carboxylic acids is 1. The van der Waals surface area contributed by atoms with Gasteiger partial charge >= 0.3 is 5.97 Å². The topological polar surface area (TPSA) is 96.2 Å². The van der Waals surface area contributed by atoms with E-state index in [0.29, 0.717) is 11.5 Å². The maximum atomic E-state index is 12.9. The van der Waals surface area contributed by atoms with Gasteiger partial charge in [0.15, 0.2) is 0 Å². The number of nitrogens with one attached hydrogen (secondary N) is 2. The maximum Gasteiger partial charge on any atom is 0.352 e. The Morgan fingerprint density at radius 2 is 1.83 bits per heavy atom. The normalized spacial score (nSPS) is 15.1. The van der Waals surface area contributed by atoms with Crippen LogP contribution < -0.4 is 10.6 Å². The van der Waals surface area contributed by atoms with E-state index in [1.807, 2.05) is 62.4 Å². The minimum absolute atomic E-state index is 0.00789. The van der Waals surface area contributed by atoms with Crippen LogP contribution >= 0.6 is 0 Å². The van der Waals surface area contributed by atoms with Crippen molar-refractivity contribution in [2.75, 3.05) is 10.6 Å². The van der Waals surface area contributed by atoms with Crippen LogP contribution in [0.15, 0.2) is 66.5 Å². The van der Waals surface area contributed by atoms with Crippen LogP contribution in [0, 0.1) is 13.8 Å². The Labute approximate surface area is 167 Å². The van der Waals surface area contributed by atoms with Crippen LogP contribution in [0.4, 0.5) is 11.5 Å². The second kappa shape index (κ2) is 7.27. The van der Waals surface area contributed by atoms with Crippen molar-refractivity contribution in [2.45, 2.75) is 19.9 Å². The molecule has 3 aromatic rings. The fourth-order valence-corrected chi connectivity index (χ4v) is 3.29. The number of aromatic nitrogens is 2. The second-order valence-corrected chi connectivity index (χ2v) is 6.99. The molecule has 3 N–H and O–H groups in total. The molecule has 2 aromatic carbocycles. The van der Waals surface area contributed by atoms with E-state index in [1.165, 1.54) is 6.20 Å². The van der Waals surface area contributed by atoms with Crippen LogP contribution in [0.5, 0.6) is 0 Å². The molecule has 0 saturated heterocycles. The lowest BCUT2D eigenvalue weighted by Crippen LogP contribution is -2.25. The first-order chi connectivity index (χ1) is 13.9. The highest BCUT2D eigenvalue weighted by Gasteiger charge is 2.29. The number of anilines is 2. The molecule has 146 valence electrons. The van der Waals surface area contributed by atoms with E-state index in [0.717, 1.165) is 16.7 Å². The van der Waals surface area contributed by atoms with Crippen molar-refractivity contribution < 1.29 is 14.7 Å². The SMILES string of the molecule is Cc1ccc([C@@H]2C=C(C(=O)O)Nc3c(C(=O)Nc4ccccc4C)cnn32)cc1. The number of aliphatic carboxylic acids is 1. The number of carbonyl (C=O) groups excluding carboxylic acids is 1. The maximum absolute atomic E-state index is 12.9. The minimum Gasteiger partial charge on any atom is -0.477 e. The number of amides is 1. The molecule has 1 amide bonds. The highest BCUT2D eigenvalue weighted by Crippen LogP contribution is 2.32. The lowest BCUT2D eigenvalue weighted by molar-refractivity contribution is -0.132. The van der Waals surface area contributed by atoms with Gasteiger partial charge in [0.25, 0.3) is 5.91 Å². The quantitative estimate of drug-likeness (QED) is 0.633. The molecule has 0 aliphatic carbocycles. The van der Waals surface area contributed by atoms with Crippen LogP contribution in [-0.2, 0) is 4.79 Å². The van der Waals surface area contributed by atoms with Crippen LogP contribution in [0.1, 0.15) is 33.1 Å². The van der Waals surface area contributed by atoms with E-state index in [4.69, 9.17) is 0 Å². The van der Waals surface area contributed by atoms with Gasteiger partial charge in [0, 0.05) is 5.69 Å². The summed E-state index contributed by atoms with van der Waals surface area (Å²) in [6.45, 7) is 3.89. The highest BCUT2D eigenvalue weighted by atomic mass is 16.4. The summed E-state index contributed by atoms with van der Waals surface area (Å²) in [5.74, 6) is -1.11. The van der Waals surface area contributed by atoms with E-state index in [1.54, 1.807) is 10.8 Å². The zero-order chi connectivity index (χ0) is 20.5. The summed E-state index contributed by atoms with van der Waals surface area (Å²) in [5, 5.41) is 19.6. The third-order valence-electron chi connectivity index (χ3n) is 4.92. The Morgan fingerprint density at radius 3 is 2.52 bits per heavy atom. The number of benzene rings is 2. The summed E-state index contributed by atoms with van der Waals surface area (Å²) in [7, 11) is 0. The van der Waals surface area contributed by atoms with E-state index < -0.39 is 12.0 Å². The zero-order valence-electron chi connectivity index (χ0n) is 16.0. The van der Waals surface area contributed by atoms with Gasteiger partial charge in [-0.2, -0.15) is 5.10 Å². The van der Waals surface area contributed by atoms with Crippen LogP contribution in [0.3, 0.4) is 0 Å². The molecule has 4 rings (SSSR count). The van der Waals surface area contributed by atoms with Gasteiger partial charge < -0.3 is 15.7 Å². The Hall–Kier alpha value is -3.87. The Morgan fingerprint density at radius 1 is 1.10 bits per heavy atom. The molecule has 0 bridgehead atoms. The number of hydrogen-bond donors (Lipinski definition) is 3. The van der Waals surface area contributed by atoms with Gasteiger partial charge in [-0.25, -0.2) is 9.48 Å². The van der Waals surface area contributed by atoms with E-state index in [9.17, 15) is 14.7 Å². The molecule has 2 heterocycles. The number of allylic oxidation sites excluding steroid dienone is 1. The summed E-state index contributed by atoms with van der Waals surface area (Å²) in [6, 6.07) is 14.8. The van der Waals surface area contributed by atoms with Gasteiger partial charge in [-0.1, -0.05) is 48.0 Å². The van der Waals surface area contributed by atoms with Crippen LogP contribution in [0.25, 0.3) is 0 Å². The largest absolute Gasteiger partial charge is 0.477 e. The second-order valence-electron chi connectivity index (χ2n) is 6.99. The summed E-state index contributed by atoms with van der Waals surface area (Å²) < 4.78 is 1.63. The van der Waals surface area contributed by atoms with Gasteiger partial charge in [-0.05, 0) is 37.1 Å². The smallest absolute Gasteiger partial charge is 0.352 e. The summed E-state index contributed by atoms with van der Waals surface area (Å²) >= 11 is 0. The molecular weight excluding hydrogens is 368 g/mol. The molecule has 0 unspecified atom stereocenters. The van der Waals surface area contributed by atoms with Gasteiger partial charge in [0.2, 0.25) is 0 Å². The van der Waals surface area contributed by atoms with Gasteiger partial charge in [0.05, 0.1) is 12.2 Å². The van der Waals surface area contributed by atoms with Crippen molar-refractivity contribution in [1.29, 1.82) is 0 Å². The molecule has 1 atom stereocenters. The van der Waals surface area contributed by atoms with Crippen LogP contribution in [-0.4, -0.2) is 26.8 Å². The molecule has 1 aliphatic heterocycles. The zero-order valence-corrected chi connectivity index (χ0v) is 16.0. The molecule has 29 heavy (non-hydrogen) atoms. The molecule has 0 spiro atoms. The standard InChI is InChI=1S/C22H20N4O3/c1-13-7-9-15(10-8-13)19-11-18(22(28)29)24-20-16(12-23-26(19)20)21(27)25-17-6-4-3-5-14(17)2/h3-12,19,24H,1-2H3,(H,25,27)(H,28,29)/t19-/m0/s1. The van der Waals surface area contributed by atoms with Crippen molar-refractivity contribution in [3.8, 4) is 0 Å². The molecule has 7 heteroatoms. The predicted octanol–water partition coefficient (Wildman–Crippen LogP) is 3.74. The van der Waals surface area contributed by atoms with Crippen molar-refractivity contribution in [3.63, 3.8) is 0 Å². The molecule has 1 aromatic heterocycles. The number of nitrogens with zero attached hydrogens (tertiary/aromatic N) is 2. The van der Waals surface area contributed by atoms with E-state index >= 15 is 0 Å². The number of hydrogen-bond acceptors (Lipinski definition) is 4. The fraction of sp³-hybridized carbons (Fsp3) is 0.136. The number of rotatable bonds is 4. The van der Waals surface area contributed by atoms with E-state index in [2.05, 4.69) is 15.7 Å². The molecule has 7 nitrogen and oxygen atoms in total. The monoisotopic (exact) mass is 388 g/mol. The Balaban J connectivity index is 1.73. The third-order valence-corrected chi connectivity index (χ3v) is 4.92. The average molecular weight is 388 g/mol. The molecule has 0 fully saturated rings. The van der Waals surface area contributed by atoms with Crippen LogP contribution in [0.2, 0.25) is 0 Å². The lowest BCUT2D eigenvalue weighted by Gasteiger charge is -2.24. The fourth-order valence-electron chi connectivity index (χ4n) is 3.29. The van der Waals surface area contributed by atoms with Gasteiger partial charge in [-0.3, -0.25) is 4.79 Å². The Bertz CT molecular complexity index is 1130. The van der Waals surface area contributed by atoms with E-state index in [-0.39, 0.29) is 17.2 Å². The first kappa shape index (κ1) is 18.5. The summed E-state index contributed by atoms with van der Waals surface area (Å²) in [6.07, 6.45) is 3.05. The number of fused-ring (bicyclic) bond motifs is 1. The third kappa shape index (κ3) is 3.50. The summed E-state index contributed by atoms with van der Waals surface area (Å²) in [4.78, 5) is 24.6. The average Bonchev–Trinajstić information content (AvgIpc) is 3.14. The molecule has 1 aliphatic rings. The van der Waals surface area contributed by atoms with Gasteiger partial charge in [0.1, 0.15) is 17.1 Å². The first-order valence-electron chi connectivity index (χ1n) is 9.17. The first-order valence-corrected chi connectivity index (χ1v) is 9.17. The molecule has 0 saturated carbocycles. The minimum atomic E-state index is -1.10. The van der Waals surface area contributed by atoms with Crippen molar-refractivity contribution in [2.24, 2.45) is 0 Å². The predicted molar refractivity (Wildman–Crippen MR) is 110 cm³/mol. The lowest BCUT2D eigenvalue weighted by atomic mass is 10.0. The number of para-hydroxylation sites is 1. The molecule has 0 radical (unpaired) electrons. The van der Waals surface area contributed by atoms with Crippen molar-refractivity contribution >= 4 is 23.4 Å². The number of carbonyl (C=O) groups is 2. The summed E-state index contributed by atoms with van der Waals surface area (Å²) in [5.41, 5.74) is 3.89. The number of aryl methyl sites for hydroxylation is 2.